The van der Waals surface area contributed by atoms with Crippen LogP contribution in [0.1, 0.15) is 168 Å². The number of hydrogen-bond donors (Lipinski definition) is 2. The number of allylic oxidation sites excluding steroid dienone is 20. The number of unbranched alkanes of at least 4 members (excludes halogenated alkanes) is 10. The average Bonchev–Trinajstić information content (AvgIpc) is 3.27. The molecule has 0 aliphatic heterocycles. The van der Waals surface area contributed by atoms with Crippen molar-refractivity contribution in [2.45, 2.75) is 174 Å². The van der Waals surface area contributed by atoms with Crippen molar-refractivity contribution in [2.24, 2.45) is 5.73 Å². The fourth-order valence-electron chi connectivity index (χ4n) is 5.86. The molecule has 0 aromatic carbocycles. The van der Waals surface area contributed by atoms with Crippen LogP contribution in [0.2, 0.25) is 0 Å². The molecule has 2 unspecified atom stereocenters. The van der Waals surface area contributed by atoms with Crippen LogP contribution in [0.3, 0.4) is 0 Å². The number of phosphoric acid groups is 1. The van der Waals surface area contributed by atoms with Gasteiger partial charge in [-0.25, -0.2) is 4.57 Å². The highest BCUT2D eigenvalue weighted by Crippen LogP contribution is 2.43. The Hall–Kier alpha value is -3.59. The van der Waals surface area contributed by atoms with Gasteiger partial charge >= 0.3 is 19.8 Å². The Balaban J connectivity index is 4.13. The third-order valence-electron chi connectivity index (χ3n) is 9.34. The smallest absolute Gasteiger partial charge is 0.462 e. The van der Waals surface area contributed by atoms with E-state index in [1.165, 1.54) is 12.8 Å². The summed E-state index contributed by atoms with van der Waals surface area (Å²) >= 11 is 0. The highest BCUT2D eigenvalue weighted by molar-refractivity contribution is 7.47. The van der Waals surface area contributed by atoms with E-state index < -0.39 is 32.5 Å². The van der Waals surface area contributed by atoms with Gasteiger partial charge in [0.15, 0.2) is 6.10 Å². The standard InChI is InChI=1S/C53H86NO8P/c1-3-5-7-9-11-13-15-17-18-19-20-21-22-23-24-25-26-27-28-29-30-31-32-34-36-38-40-42-44-46-53(56)62-51(50-61-63(57,58)60-48-47-54)49-59-52(55)45-43-41-39-37-35-33-16-14-12-10-8-6-4-2/h5-8,11-14,17-18,20-21,23-24,26-27,29-30,33,35,51H,3-4,9-10,15-16,19,22,25,28,31-32,34,36-50,54H2,1-2H3,(H,57,58)/b7-5-,8-6-,13-11-,14-12-,18-17-,21-20-,24-23-,27-26-,30-29-,35-33-. The minimum atomic E-state index is -4.40. The lowest BCUT2D eigenvalue weighted by atomic mass is 10.1. The van der Waals surface area contributed by atoms with E-state index in [1.54, 1.807) is 0 Å². The van der Waals surface area contributed by atoms with Crippen LogP contribution >= 0.6 is 7.82 Å². The van der Waals surface area contributed by atoms with Crippen LogP contribution in [0, 0.1) is 0 Å². The summed E-state index contributed by atoms with van der Waals surface area (Å²) in [6.45, 7) is 3.43. The summed E-state index contributed by atoms with van der Waals surface area (Å²) in [5.74, 6) is -0.889. The van der Waals surface area contributed by atoms with Crippen LogP contribution in [0.4, 0.5) is 0 Å². The molecule has 9 nitrogen and oxygen atoms in total. The van der Waals surface area contributed by atoms with E-state index >= 15 is 0 Å². The van der Waals surface area contributed by atoms with E-state index in [0.29, 0.717) is 12.8 Å². The minimum absolute atomic E-state index is 0.0401. The van der Waals surface area contributed by atoms with Crippen LogP contribution in [-0.4, -0.2) is 49.3 Å². The van der Waals surface area contributed by atoms with Gasteiger partial charge < -0.3 is 20.1 Å². The fraction of sp³-hybridized carbons (Fsp3) is 0.585. The van der Waals surface area contributed by atoms with Gasteiger partial charge in [0, 0.05) is 19.4 Å². The molecule has 0 rings (SSSR count). The van der Waals surface area contributed by atoms with Crippen LogP contribution in [0.15, 0.2) is 122 Å². The van der Waals surface area contributed by atoms with E-state index in [2.05, 4.69) is 135 Å². The van der Waals surface area contributed by atoms with E-state index in [4.69, 9.17) is 24.3 Å². The predicted molar refractivity (Wildman–Crippen MR) is 265 cm³/mol. The number of hydrogen-bond acceptors (Lipinski definition) is 8. The highest BCUT2D eigenvalue weighted by atomic mass is 31.2. The number of ether oxygens (including phenoxy) is 2. The van der Waals surface area contributed by atoms with Gasteiger partial charge in [-0.1, -0.05) is 174 Å². The van der Waals surface area contributed by atoms with Gasteiger partial charge in [0.25, 0.3) is 0 Å². The molecule has 0 aliphatic rings. The van der Waals surface area contributed by atoms with Crippen LogP contribution in [0.25, 0.3) is 0 Å². The lowest BCUT2D eigenvalue weighted by Gasteiger charge is -2.19. The summed E-state index contributed by atoms with van der Waals surface area (Å²) in [4.78, 5) is 34.9. The van der Waals surface area contributed by atoms with Crippen molar-refractivity contribution >= 4 is 19.8 Å². The fourth-order valence-corrected chi connectivity index (χ4v) is 6.63. The zero-order valence-electron chi connectivity index (χ0n) is 39.3. The maximum Gasteiger partial charge on any atom is 0.472 e. The average molecular weight is 896 g/mol. The molecule has 0 saturated heterocycles. The molecule has 3 N–H and O–H groups in total. The topological polar surface area (TPSA) is 134 Å². The maximum absolute atomic E-state index is 12.6. The molecule has 0 radical (unpaired) electrons. The normalized spacial score (nSPS) is 14.3. The molecule has 0 saturated carbocycles. The van der Waals surface area contributed by atoms with Crippen LogP contribution in [0.5, 0.6) is 0 Å². The van der Waals surface area contributed by atoms with Gasteiger partial charge in [-0.05, 0) is 103 Å². The Morgan fingerprint density at radius 3 is 1.24 bits per heavy atom. The molecule has 0 aromatic rings. The minimum Gasteiger partial charge on any atom is -0.462 e. The first-order valence-corrected chi connectivity index (χ1v) is 25.5. The van der Waals surface area contributed by atoms with Crippen molar-refractivity contribution in [3.05, 3.63) is 122 Å². The van der Waals surface area contributed by atoms with Gasteiger partial charge in [-0.2, -0.15) is 0 Å². The molecule has 0 aliphatic carbocycles. The first kappa shape index (κ1) is 59.4. The SMILES string of the molecule is CC/C=C\C/C=C\C/C=C\C/C=C\C/C=C\C/C=C\C/C=C\CCCCCCCCCC(=O)OC(COC(=O)CCCCC/C=C\C/C=C\C/C=C\CC)COP(=O)(O)OCCN. The van der Waals surface area contributed by atoms with Gasteiger partial charge in [0.05, 0.1) is 13.2 Å². The molecule has 0 heterocycles. The zero-order valence-corrected chi connectivity index (χ0v) is 40.1. The molecule has 0 fully saturated rings. The summed E-state index contributed by atoms with van der Waals surface area (Å²) in [5, 5.41) is 0. The molecule has 356 valence electrons. The lowest BCUT2D eigenvalue weighted by Crippen LogP contribution is -2.29. The molecule has 0 amide bonds. The highest BCUT2D eigenvalue weighted by Gasteiger charge is 2.26. The van der Waals surface area contributed by atoms with E-state index in [9.17, 15) is 19.0 Å². The number of nitrogens with two attached hydrogens (primary N) is 1. The summed E-state index contributed by atoms with van der Waals surface area (Å²) in [5.41, 5.74) is 5.35. The van der Waals surface area contributed by atoms with Crippen molar-refractivity contribution in [1.29, 1.82) is 0 Å². The second-order valence-corrected chi connectivity index (χ2v) is 16.7. The maximum atomic E-state index is 12.6. The first-order chi connectivity index (χ1) is 30.8. The van der Waals surface area contributed by atoms with E-state index in [1.807, 2.05) is 0 Å². The zero-order chi connectivity index (χ0) is 46.0. The van der Waals surface area contributed by atoms with Crippen molar-refractivity contribution in [3.8, 4) is 0 Å². The summed E-state index contributed by atoms with van der Waals surface area (Å²) in [6.07, 6.45) is 65.3. The lowest BCUT2D eigenvalue weighted by molar-refractivity contribution is -0.161. The number of carbonyl (C=O) groups excluding carboxylic acids is 2. The monoisotopic (exact) mass is 896 g/mol. The Labute approximate surface area is 383 Å². The van der Waals surface area contributed by atoms with E-state index in [0.717, 1.165) is 116 Å². The van der Waals surface area contributed by atoms with Gasteiger partial charge in [0.1, 0.15) is 6.61 Å². The molecule has 0 spiro atoms. The second kappa shape index (κ2) is 47.9. The molecular formula is C53H86NO8P. The van der Waals surface area contributed by atoms with E-state index in [-0.39, 0.29) is 32.6 Å². The molecule has 0 aromatic heterocycles. The number of esters is 2. The number of carbonyl (C=O) groups is 2. The third kappa shape index (κ3) is 47.7. The Bertz CT molecular complexity index is 1440. The quantitative estimate of drug-likeness (QED) is 0.0265. The van der Waals surface area contributed by atoms with Gasteiger partial charge in [0.2, 0.25) is 0 Å². The summed E-state index contributed by atoms with van der Waals surface area (Å²) in [7, 11) is -4.40. The van der Waals surface area contributed by atoms with Crippen molar-refractivity contribution < 1.29 is 37.6 Å². The Morgan fingerprint density at radius 1 is 0.476 bits per heavy atom. The molecular weight excluding hydrogens is 810 g/mol. The first-order valence-electron chi connectivity index (χ1n) is 24.0. The molecule has 10 heteroatoms. The van der Waals surface area contributed by atoms with Gasteiger partial charge in [-0.15, -0.1) is 0 Å². The van der Waals surface area contributed by atoms with Gasteiger partial charge in [-0.3, -0.25) is 18.6 Å². The number of rotatable bonds is 43. The van der Waals surface area contributed by atoms with Crippen molar-refractivity contribution in [3.63, 3.8) is 0 Å². The predicted octanol–water partition coefficient (Wildman–Crippen LogP) is 14.5. The largest absolute Gasteiger partial charge is 0.472 e. The Kier molecular flexibility index (Phi) is 45.2. The van der Waals surface area contributed by atoms with Crippen molar-refractivity contribution in [1.82, 2.24) is 0 Å². The summed E-state index contributed by atoms with van der Waals surface area (Å²) < 4.78 is 32.8. The second-order valence-electron chi connectivity index (χ2n) is 15.2. The molecule has 2 atom stereocenters. The third-order valence-corrected chi connectivity index (χ3v) is 10.3. The Morgan fingerprint density at radius 2 is 0.825 bits per heavy atom. The number of phosphoric ester groups is 1. The molecule has 0 bridgehead atoms. The van der Waals surface area contributed by atoms with Crippen molar-refractivity contribution in [2.75, 3.05) is 26.4 Å². The molecule has 63 heavy (non-hydrogen) atoms. The van der Waals surface area contributed by atoms with Crippen LogP contribution < -0.4 is 5.73 Å². The van der Waals surface area contributed by atoms with Crippen LogP contribution in [-0.2, 0) is 32.7 Å². The summed E-state index contributed by atoms with van der Waals surface area (Å²) in [6, 6.07) is 0.